The number of pyridine rings is 2. The number of hydrogen-bond donors (Lipinski definition) is 2. The number of aliphatic hydroxyl groups is 1. The number of amides is 1. The second-order valence-electron chi connectivity index (χ2n) is 8.45. The first-order valence-corrected chi connectivity index (χ1v) is 12.3. The summed E-state index contributed by atoms with van der Waals surface area (Å²) in [6, 6.07) is 9.11. The molecule has 1 amide bonds. The van der Waals surface area contributed by atoms with Crippen LogP contribution in [0.3, 0.4) is 0 Å². The molecule has 0 aliphatic heterocycles. The van der Waals surface area contributed by atoms with Crippen molar-refractivity contribution in [3.8, 4) is 0 Å². The molecular formula is C26H26ClN7O2. The minimum Gasteiger partial charge on any atom is -0.380 e. The van der Waals surface area contributed by atoms with Crippen LogP contribution in [0.5, 0.6) is 0 Å². The molecule has 5 aromatic heterocycles. The molecule has 0 radical (unpaired) electrons. The van der Waals surface area contributed by atoms with E-state index in [1.807, 2.05) is 24.3 Å². The molecule has 5 heterocycles. The predicted molar refractivity (Wildman–Crippen MR) is 137 cm³/mol. The maximum atomic E-state index is 12.6. The quantitative estimate of drug-likeness (QED) is 0.350. The summed E-state index contributed by atoms with van der Waals surface area (Å²) in [5.74, 6) is 0.626. The van der Waals surface area contributed by atoms with Crippen LogP contribution in [-0.4, -0.2) is 39.8 Å². The first-order chi connectivity index (χ1) is 17.5. The van der Waals surface area contributed by atoms with Gasteiger partial charge in [0.15, 0.2) is 0 Å². The van der Waals surface area contributed by atoms with Crippen molar-refractivity contribution in [1.29, 1.82) is 0 Å². The topological polar surface area (TPSA) is 110 Å². The molecule has 1 saturated carbocycles. The van der Waals surface area contributed by atoms with Gasteiger partial charge in [-0.3, -0.25) is 4.79 Å². The molecule has 1 aliphatic carbocycles. The zero-order chi connectivity index (χ0) is 25.2. The fourth-order valence-electron chi connectivity index (χ4n) is 4.05. The van der Waals surface area contributed by atoms with Crippen LogP contribution in [0, 0.1) is 0 Å². The van der Waals surface area contributed by atoms with Crippen LogP contribution in [0.2, 0.25) is 5.02 Å². The minimum atomic E-state index is -1.05. The Labute approximate surface area is 212 Å². The first-order valence-electron chi connectivity index (χ1n) is 11.9. The van der Waals surface area contributed by atoms with E-state index < -0.39 is 6.10 Å². The van der Waals surface area contributed by atoms with Gasteiger partial charge in [-0.05, 0) is 42.5 Å². The molecule has 9 nitrogen and oxygen atoms in total. The highest BCUT2D eigenvalue weighted by Crippen LogP contribution is 2.40. The van der Waals surface area contributed by atoms with Crippen molar-refractivity contribution >= 4 is 34.5 Å². The molecule has 5 aromatic rings. The molecule has 1 aliphatic rings. The van der Waals surface area contributed by atoms with Crippen LogP contribution < -0.4 is 5.32 Å². The smallest absolute Gasteiger partial charge is 0.231 e. The Morgan fingerprint density at radius 1 is 1.11 bits per heavy atom. The van der Waals surface area contributed by atoms with Gasteiger partial charge in [0.05, 0.1) is 35.3 Å². The van der Waals surface area contributed by atoms with E-state index in [2.05, 4.69) is 37.5 Å². The fourth-order valence-corrected chi connectivity index (χ4v) is 4.21. The number of aromatic nitrogens is 6. The van der Waals surface area contributed by atoms with Gasteiger partial charge in [0, 0.05) is 29.7 Å². The van der Waals surface area contributed by atoms with Gasteiger partial charge in [-0.2, -0.15) is 0 Å². The van der Waals surface area contributed by atoms with Gasteiger partial charge in [-0.25, -0.2) is 19.9 Å². The maximum Gasteiger partial charge on any atom is 0.231 e. The number of carbonyl (C=O) groups is 1. The number of aliphatic hydroxyl groups excluding tert-OH is 1. The number of fused-ring (bicyclic) bond motifs is 2. The second-order valence-corrected chi connectivity index (χ2v) is 8.89. The number of carbonyl (C=O) groups excluding carboxylic acids is 1. The number of imidazole rings is 2. The Morgan fingerprint density at radius 2 is 1.94 bits per heavy atom. The lowest BCUT2D eigenvalue weighted by Gasteiger charge is -2.09. The van der Waals surface area contributed by atoms with Crippen molar-refractivity contribution in [3.05, 3.63) is 89.2 Å². The molecule has 0 aromatic carbocycles. The molecule has 184 valence electrons. The standard InChI is InChI=1S/C24H20ClN7O2.C2H6/c25-16-5-6-31-13-28-17(20(31)7-16)9-23(33)30-21-8-18(26-12-27-21)24(34)19-11-32-10-15(14-1-2-14)3-4-22(32)29-19;1-2/h3-8,10-14,24,34H,1-2,9H2,(H,26,27,30,33);1-2H3. The lowest BCUT2D eigenvalue weighted by Crippen LogP contribution is -2.16. The summed E-state index contributed by atoms with van der Waals surface area (Å²) in [5, 5.41) is 14.2. The van der Waals surface area contributed by atoms with Crippen molar-refractivity contribution in [3.63, 3.8) is 0 Å². The summed E-state index contributed by atoms with van der Waals surface area (Å²) in [6.45, 7) is 4.00. The Hall–Kier alpha value is -3.82. The molecule has 1 atom stereocenters. The third-order valence-electron chi connectivity index (χ3n) is 5.97. The molecular weight excluding hydrogens is 478 g/mol. The van der Waals surface area contributed by atoms with Gasteiger partial charge in [-0.15, -0.1) is 0 Å². The number of nitrogens with zero attached hydrogens (tertiary/aromatic N) is 6. The Balaban J connectivity index is 0.00000130. The van der Waals surface area contributed by atoms with Gasteiger partial charge in [0.25, 0.3) is 0 Å². The van der Waals surface area contributed by atoms with Crippen LogP contribution in [0.15, 0.2) is 61.6 Å². The van der Waals surface area contributed by atoms with E-state index in [1.54, 1.807) is 41.3 Å². The highest BCUT2D eigenvalue weighted by Gasteiger charge is 2.24. The molecule has 1 fully saturated rings. The fraction of sp³-hybridized carbons (Fsp3) is 0.269. The monoisotopic (exact) mass is 503 g/mol. The zero-order valence-corrected chi connectivity index (χ0v) is 20.7. The minimum absolute atomic E-state index is 0.0501. The van der Waals surface area contributed by atoms with Crippen molar-refractivity contribution in [2.24, 2.45) is 0 Å². The maximum absolute atomic E-state index is 12.6. The second kappa shape index (κ2) is 10.0. The largest absolute Gasteiger partial charge is 0.380 e. The highest BCUT2D eigenvalue weighted by atomic mass is 35.5. The number of rotatable bonds is 6. The van der Waals surface area contributed by atoms with E-state index in [-0.39, 0.29) is 18.1 Å². The first kappa shape index (κ1) is 23.9. The van der Waals surface area contributed by atoms with E-state index in [4.69, 9.17) is 11.6 Å². The summed E-state index contributed by atoms with van der Waals surface area (Å²) in [7, 11) is 0. The molecule has 36 heavy (non-hydrogen) atoms. The van der Waals surface area contributed by atoms with Crippen molar-refractivity contribution in [2.45, 2.75) is 45.1 Å². The molecule has 6 rings (SSSR count). The molecule has 1 unspecified atom stereocenters. The van der Waals surface area contributed by atoms with Gasteiger partial charge < -0.3 is 19.2 Å². The summed E-state index contributed by atoms with van der Waals surface area (Å²) in [4.78, 5) is 29.8. The highest BCUT2D eigenvalue weighted by molar-refractivity contribution is 6.30. The third kappa shape index (κ3) is 4.93. The van der Waals surface area contributed by atoms with E-state index in [9.17, 15) is 9.90 Å². The van der Waals surface area contributed by atoms with Crippen molar-refractivity contribution in [1.82, 2.24) is 28.7 Å². The van der Waals surface area contributed by atoms with E-state index in [0.29, 0.717) is 28.0 Å². The summed E-state index contributed by atoms with van der Waals surface area (Å²) >= 11 is 6.07. The van der Waals surface area contributed by atoms with Gasteiger partial charge in [0.2, 0.25) is 5.91 Å². The Bertz CT molecular complexity index is 1540. The molecule has 0 saturated heterocycles. The number of hydrogen-bond acceptors (Lipinski definition) is 6. The lowest BCUT2D eigenvalue weighted by atomic mass is 10.2. The average Bonchev–Trinajstić information content (AvgIpc) is 3.55. The van der Waals surface area contributed by atoms with Crippen LogP contribution in [0.25, 0.3) is 11.2 Å². The van der Waals surface area contributed by atoms with Crippen molar-refractivity contribution in [2.75, 3.05) is 5.32 Å². The number of nitrogens with one attached hydrogen (secondary N) is 1. The lowest BCUT2D eigenvalue weighted by molar-refractivity contribution is -0.115. The van der Waals surface area contributed by atoms with Gasteiger partial charge in [-0.1, -0.05) is 31.5 Å². The average molecular weight is 504 g/mol. The molecule has 2 N–H and O–H groups in total. The predicted octanol–water partition coefficient (Wildman–Crippen LogP) is 4.59. The van der Waals surface area contributed by atoms with Gasteiger partial charge in [0.1, 0.15) is 23.9 Å². The van der Waals surface area contributed by atoms with Crippen molar-refractivity contribution < 1.29 is 9.90 Å². The summed E-state index contributed by atoms with van der Waals surface area (Å²) in [6.07, 6.45) is 10.0. The van der Waals surface area contributed by atoms with Crippen LogP contribution in [-0.2, 0) is 11.2 Å². The summed E-state index contributed by atoms with van der Waals surface area (Å²) in [5.41, 5.74) is 4.22. The van der Waals surface area contributed by atoms with Crippen LogP contribution in [0.1, 0.15) is 61.4 Å². The molecule has 0 bridgehead atoms. The van der Waals surface area contributed by atoms with E-state index in [1.165, 1.54) is 24.7 Å². The number of halogens is 1. The third-order valence-corrected chi connectivity index (χ3v) is 6.20. The van der Waals surface area contributed by atoms with E-state index in [0.717, 1.165) is 11.2 Å². The number of anilines is 1. The zero-order valence-electron chi connectivity index (χ0n) is 20.0. The Morgan fingerprint density at radius 3 is 2.75 bits per heavy atom. The molecule has 0 spiro atoms. The normalized spacial score (nSPS) is 13.9. The summed E-state index contributed by atoms with van der Waals surface area (Å²) < 4.78 is 3.73. The van der Waals surface area contributed by atoms with E-state index >= 15 is 0 Å². The molecule has 10 heteroatoms. The SMILES string of the molecule is CC.O=C(Cc1ncn2ccc(Cl)cc12)Nc1cc(C(O)c2cn3cc(C4CC4)ccc3n2)ncn1. The van der Waals surface area contributed by atoms with Gasteiger partial charge >= 0.3 is 0 Å². The van der Waals surface area contributed by atoms with Crippen LogP contribution >= 0.6 is 11.6 Å². The van der Waals surface area contributed by atoms with Crippen LogP contribution in [0.4, 0.5) is 5.82 Å². The Kier molecular flexibility index (Phi) is 6.67.